The van der Waals surface area contributed by atoms with Gasteiger partial charge in [-0.2, -0.15) is 0 Å². The van der Waals surface area contributed by atoms with Crippen LogP contribution < -0.4 is 0 Å². The molecule has 0 saturated carbocycles. The molecule has 0 radical (unpaired) electrons. The molecular formula is C13H14. The van der Waals surface area contributed by atoms with Crippen LogP contribution in [0.5, 0.6) is 0 Å². The Bertz CT molecular complexity index is 319. The van der Waals surface area contributed by atoms with Gasteiger partial charge in [0.05, 0.1) is 0 Å². The van der Waals surface area contributed by atoms with Gasteiger partial charge in [0, 0.05) is 5.92 Å². The van der Waals surface area contributed by atoms with Crippen LogP contribution in [0.15, 0.2) is 54.6 Å². The molecule has 1 aliphatic carbocycles. The summed E-state index contributed by atoms with van der Waals surface area (Å²) in [6.45, 7) is 3.83. The van der Waals surface area contributed by atoms with E-state index in [1.54, 1.807) is 0 Å². The van der Waals surface area contributed by atoms with E-state index in [-0.39, 0.29) is 0 Å². The van der Waals surface area contributed by atoms with Crippen molar-refractivity contribution in [2.24, 2.45) is 5.92 Å². The van der Waals surface area contributed by atoms with E-state index >= 15 is 0 Å². The minimum atomic E-state index is 0.639. The monoisotopic (exact) mass is 170 g/mol. The third kappa shape index (κ3) is 1.72. The first kappa shape index (κ1) is 8.31. The topological polar surface area (TPSA) is 0 Å². The summed E-state index contributed by atoms with van der Waals surface area (Å²) in [4.78, 5) is 0. The van der Waals surface area contributed by atoms with E-state index in [1.165, 1.54) is 17.6 Å². The molecule has 0 bridgehead atoms. The van der Waals surface area contributed by atoms with Crippen LogP contribution >= 0.6 is 0 Å². The van der Waals surface area contributed by atoms with Gasteiger partial charge in [0.15, 0.2) is 0 Å². The fourth-order valence-corrected chi connectivity index (χ4v) is 1.70. The lowest BCUT2D eigenvalue weighted by molar-refractivity contribution is 0.669. The first-order valence-electron chi connectivity index (χ1n) is 4.75. The largest absolute Gasteiger partial charge is 0.102 e. The maximum absolute atomic E-state index is 3.83. The number of allylic oxidation sites excluding steroid dienone is 3. The third-order valence-electron chi connectivity index (χ3n) is 2.65. The zero-order valence-electron chi connectivity index (χ0n) is 7.74. The standard InChI is InChI=1S/C13H14/c1-2-12-8-9-13(12)10-11-6-4-3-5-7-11/h2-7,9,12H,1,8,10H2. The van der Waals surface area contributed by atoms with Gasteiger partial charge in [-0.1, -0.05) is 48.1 Å². The van der Waals surface area contributed by atoms with Gasteiger partial charge in [0.1, 0.15) is 0 Å². The van der Waals surface area contributed by atoms with Crippen molar-refractivity contribution in [3.8, 4) is 0 Å². The van der Waals surface area contributed by atoms with E-state index in [2.05, 4.69) is 49.1 Å². The van der Waals surface area contributed by atoms with Crippen LogP contribution in [0.3, 0.4) is 0 Å². The molecular weight excluding hydrogens is 156 g/mol. The van der Waals surface area contributed by atoms with Crippen molar-refractivity contribution < 1.29 is 0 Å². The van der Waals surface area contributed by atoms with E-state index in [1.807, 2.05) is 0 Å². The fourth-order valence-electron chi connectivity index (χ4n) is 1.70. The SMILES string of the molecule is C=CC1CC=C1Cc1ccccc1. The number of hydrogen-bond acceptors (Lipinski definition) is 0. The lowest BCUT2D eigenvalue weighted by atomic mass is 9.81. The van der Waals surface area contributed by atoms with Crippen molar-refractivity contribution in [1.82, 2.24) is 0 Å². The zero-order valence-corrected chi connectivity index (χ0v) is 7.74. The predicted octanol–water partition coefficient (Wildman–Crippen LogP) is 3.36. The van der Waals surface area contributed by atoms with Crippen LogP contribution in [-0.2, 0) is 6.42 Å². The molecule has 0 amide bonds. The molecule has 13 heavy (non-hydrogen) atoms. The molecule has 2 rings (SSSR count). The van der Waals surface area contributed by atoms with Crippen molar-refractivity contribution in [3.05, 3.63) is 60.2 Å². The molecule has 1 unspecified atom stereocenters. The van der Waals surface area contributed by atoms with E-state index in [9.17, 15) is 0 Å². The average molecular weight is 170 g/mol. The molecule has 0 nitrogen and oxygen atoms in total. The molecule has 0 N–H and O–H groups in total. The molecule has 66 valence electrons. The van der Waals surface area contributed by atoms with Crippen molar-refractivity contribution in [3.63, 3.8) is 0 Å². The maximum Gasteiger partial charge on any atom is 0.00120 e. The summed E-state index contributed by atoms with van der Waals surface area (Å²) in [6.07, 6.45) is 6.65. The van der Waals surface area contributed by atoms with Crippen molar-refractivity contribution >= 4 is 0 Å². The molecule has 0 heteroatoms. The maximum atomic E-state index is 3.83. The summed E-state index contributed by atoms with van der Waals surface area (Å²) in [5, 5.41) is 0. The van der Waals surface area contributed by atoms with Crippen LogP contribution in [0.4, 0.5) is 0 Å². The second-order valence-corrected chi connectivity index (χ2v) is 3.52. The van der Waals surface area contributed by atoms with Crippen LogP contribution in [-0.4, -0.2) is 0 Å². The Morgan fingerprint density at radius 3 is 2.62 bits per heavy atom. The Morgan fingerprint density at radius 1 is 1.31 bits per heavy atom. The van der Waals surface area contributed by atoms with Crippen LogP contribution in [0.25, 0.3) is 0 Å². The minimum absolute atomic E-state index is 0.639. The van der Waals surface area contributed by atoms with Crippen molar-refractivity contribution in [1.29, 1.82) is 0 Å². The molecule has 0 fully saturated rings. The van der Waals surface area contributed by atoms with E-state index in [0.29, 0.717) is 5.92 Å². The first-order chi connectivity index (χ1) is 6.40. The third-order valence-corrected chi connectivity index (χ3v) is 2.65. The highest BCUT2D eigenvalue weighted by Crippen LogP contribution is 2.30. The quantitative estimate of drug-likeness (QED) is 0.610. The summed E-state index contributed by atoms with van der Waals surface area (Å²) in [6, 6.07) is 10.6. The molecule has 1 aromatic carbocycles. The van der Waals surface area contributed by atoms with Gasteiger partial charge in [0.2, 0.25) is 0 Å². The highest BCUT2D eigenvalue weighted by Gasteiger charge is 2.17. The summed E-state index contributed by atoms with van der Waals surface area (Å²) in [7, 11) is 0. The van der Waals surface area contributed by atoms with Gasteiger partial charge in [-0.3, -0.25) is 0 Å². The Labute approximate surface area is 79.6 Å². The fraction of sp³-hybridized carbons (Fsp3) is 0.231. The van der Waals surface area contributed by atoms with Gasteiger partial charge in [-0.15, -0.1) is 6.58 Å². The van der Waals surface area contributed by atoms with Crippen LogP contribution in [0.1, 0.15) is 12.0 Å². The van der Waals surface area contributed by atoms with Crippen LogP contribution in [0.2, 0.25) is 0 Å². The second kappa shape index (κ2) is 3.61. The van der Waals surface area contributed by atoms with Gasteiger partial charge >= 0.3 is 0 Å². The molecule has 0 aromatic heterocycles. The predicted molar refractivity (Wildman–Crippen MR) is 56.5 cm³/mol. The highest BCUT2D eigenvalue weighted by atomic mass is 14.2. The summed E-state index contributed by atoms with van der Waals surface area (Å²) < 4.78 is 0. The normalized spacial score (nSPS) is 20.3. The molecule has 1 aliphatic rings. The molecule has 1 aromatic rings. The Hall–Kier alpha value is -1.30. The molecule has 0 spiro atoms. The Kier molecular flexibility index (Phi) is 2.31. The van der Waals surface area contributed by atoms with Crippen molar-refractivity contribution in [2.75, 3.05) is 0 Å². The number of benzene rings is 1. The highest BCUT2D eigenvalue weighted by molar-refractivity contribution is 5.30. The average Bonchev–Trinajstić information content (AvgIpc) is 2.15. The summed E-state index contributed by atoms with van der Waals surface area (Å²) in [5.41, 5.74) is 2.93. The van der Waals surface area contributed by atoms with Gasteiger partial charge in [-0.05, 0) is 18.4 Å². The number of rotatable bonds is 3. The lowest BCUT2D eigenvalue weighted by Crippen LogP contribution is -2.11. The summed E-state index contributed by atoms with van der Waals surface area (Å²) >= 11 is 0. The molecule has 1 atom stereocenters. The first-order valence-corrected chi connectivity index (χ1v) is 4.75. The zero-order chi connectivity index (χ0) is 9.10. The van der Waals surface area contributed by atoms with Gasteiger partial charge in [0.25, 0.3) is 0 Å². The Balaban J connectivity index is 2.04. The van der Waals surface area contributed by atoms with Crippen molar-refractivity contribution in [2.45, 2.75) is 12.8 Å². The summed E-state index contributed by atoms with van der Waals surface area (Å²) in [5.74, 6) is 0.639. The van der Waals surface area contributed by atoms with Gasteiger partial charge in [-0.25, -0.2) is 0 Å². The van der Waals surface area contributed by atoms with Gasteiger partial charge < -0.3 is 0 Å². The molecule has 0 aliphatic heterocycles. The molecule has 0 saturated heterocycles. The van der Waals surface area contributed by atoms with Crippen LogP contribution in [0, 0.1) is 5.92 Å². The lowest BCUT2D eigenvalue weighted by Gasteiger charge is -2.24. The van der Waals surface area contributed by atoms with E-state index < -0.39 is 0 Å². The van der Waals surface area contributed by atoms with E-state index in [4.69, 9.17) is 0 Å². The number of hydrogen-bond donors (Lipinski definition) is 0. The Morgan fingerprint density at radius 2 is 2.08 bits per heavy atom. The second-order valence-electron chi connectivity index (χ2n) is 3.52. The molecule has 0 heterocycles. The minimum Gasteiger partial charge on any atom is -0.102 e. The van der Waals surface area contributed by atoms with E-state index in [0.717, 1.165) is 6.42 Å². The smallest absolute Gasteiger partial charge is 0.00120 e.